The van der Waals surface area contributed by atoms with Crippen molar-refractivity contribution in [3.05, 3.63) is 23.3 Å². The fraction of sp³-hybridized carbons (Fsp3) is 0.600. The van der Waals surface area contributed by atoms with Crippen LogP contribution in [-0.4, -0.2) is 42.4 Å². The van der Waals surface area contributed by atoms with Crippen LogP contribution in [0, 0.1) is 5.92 Å². The smallest absolute Gasteiger partial charge is 0.311 e. The summed E-state index contributed by atoms with van der Waals surface area (Å²) in [6.07, 6.45) is 3.36. The van der Waals surface area contributed by atoms with E-state index in [2.05, 4.69) is 18.0 Å². The fourth-order valence-corrected chi connectivity index (χ4v) is 5.79. The molecule has 25 heavy (non-hydrogen) atoms. The van der Waals surface area contributed by atoms with E-state index in [1.807, 2.05) is 6.07 Å². The maximum Gasteiger partial charge on any atom is 0.311 e. The number of rotatable bonds is 2. The van der Waals surface area contributed by atoms with Crippen LogP contribution in [0.3, 0.4) is 0 Å². The van der Waals surface area contributed by atoms with Crippen LogP contribution in [0.25, 0.3) is 0 Å². The lowest BCUT2D eigenvalue weighted by molar-refractivity contribution is -0.138. The average molecular weight is 341 g/mol. The molecule has 2 bridgehead atoms. The molecule has 4 aliphatic rings. The number of nitrogens with zero attached hydrogens (tertiary/aromatic N) is 1. The van der Waals surface area contributed by atoms with Crippen molar-refractivity contribution >= 4 is 11.8 Å². The molecule has 1 aromatic carbocycles. The van der Waals surface area contributed by atoms with Crippen molar-refractivity contribution < 1.29 is 19.1 Å². The summed E-state index contributed by atoms with van der Waals surface area (Å²) in [4.78, 5) is 27.0. The van der Waals surface area contributed by atoms with Gasteiger partial charge in [-0.3, -0.25) is 9.59 Å². The molecule has 2 aliphatic carbocycles. The van der Waals surface area contributed by atoms with Crippen molar-refractivity contribution in [1.82, 2.24) is 4.90 Å². The maximum atomic E-state index is 12.7. The quantitative estimate of drug-likeness (QED) is 0.610. The standard InChI is InChI=1S/C20H23NO4/c1-3-16(23)24-15-7-4-11-10-13-12-5-6-14(22)19-20(12,8-9-21(13)2)17(11)18(15)25-19/h4,7,12-13,19H,3,5-6,8-10H2,1-2H3/t12?,13-,19+,20+/m1/s1. The third-order valence-corrected chi connectivity index (χ3v) is 6.88. The number of Topliss-reactive ketones (excluding diaryl/α,β-unsaturated/α-hetero) is 1. The SMILES string of the molecule is CCC(=O)Oc1ccc2c3c1O[C@H]1C(=O)CCC4[C@@H](C2)N(C)CC[C@@]341. The van der Waals surface area contributed by atoms with Gasteiger partial charge in [-0.05, 0) is 50.4 Å². The highest BCUT2D eigenvalue weighted by Crippen LogP contribution is 2.63. The van der Waals surface area contributed by atoms with Crippen molar-refractivity contribution in [2.24, 2.45) is 5.92 Å². The second-order valence-electron chi connectivity index (χ2n) is 7.91. The molecule has 0 N–H and O–H groups in total. The molecule has 1 saturated heterocycles. The number of likely N-dealkylation sites (N-methyl/N-ethyl adjacent to an activating group) is 1. The zero-order valence-electron chi connectivity index (χ0n) is 14.7. The van der Waals surface area contributed by atoms with E-state index in [-0.39, 0.29) is 17.2 Å². The van der Waals surface area contributed by atoms with Gasteiger partial charge in [0.1, 0.15) is 0 Å². The molecule has 132 valence electrons. The van der Waals surface area contributed by atoms with Gasteiger partial charge in [-0.2, -0.15) is 0 Å². The number of esters is 1. The van der Waals surface area contributed by atoms with E-state index in [4.69, 9.17) is 9.47 Å². The van der Waals surface area contributed by atoms with E-state index in [1.54, 1.807) is 6.92 Å². The molecule has 5 heteroatoms. The number of ether oxygens (including phenoxy) is 2. The van der Waals surface area contributed by atoms with Gasteiger partial charge in [0.25, 0.3) is 0 Å². The third-order valence-electron chi connectivity index (χ3n) is 6.88. The summed E-state index contributed by atoms with van der Waals surface area (Å²) in [6, 6.07) is 4.39. The Balaban J connectivity index is 1.72. The lowest BCUT2D eigenvalue weighted by Crippen LogP contribution is -2.65. The van der Waals surface area contributed by atoms with E-state index in [0.717, 1.165) is 25.8 Å². The number of ketones is 1. The minimum Gasteiger partial charge on any atom is -0.477 e. The summed E-state index contributed by atoms with van der Waals surface area (Å²) in [5.41, 5.74) is 2.21. The minimum absolute atomic E-state index is 0.205. The number of carbonyl (C=O) groups is 2. The van der Waals surface area contributed by atoms with Gasteiger partial charge >= 0.3 is 5.97 Å². The Kier molecular flexibility index (Phi) is 3.12. The molecule has 2 aliphatic heterocycles. The van der Waals surface area contributed by atoms with Gasteiger partial charge in [-0.1, -0.05) is 13.0 Å². The van der Waals surface area contributed by atoms with Gasteiger partial charge in [-0.25, -0.2) is 0 Å². The molecule has 2 heterocycles. The summed E-state index contributed by atoms with van der Waals surface area (Å²) in [5, 5.41) is 0. The van der Waals surface area contributed by atoms with Crippen LogP contribution in [0.15, 0.2) is 12.1 Å². The highest BCUT2D eigenvalue weighted by atomic mass is 16.6. The molecular formula is C20H23NO4. The Bertz CT molecular complexity index is 788. The summed E-state index contributed by atoms with van der Waals surface area (Å²) < 4.78 is 11.8. The summed E-state index contributed by atoms with van der Waals surface area (Å²) in [5.74, 6) is 1.52. The highest BCUT2D eigenvalue weighted by molar-refractivity contribution is 5.89. The number of benzene rings is 1. The maximum absolute atomic E-state index is 12.7. The predicted molar refractivity (Wildman–Crippen MR) is 90.9 cm³/mol. The largest absolute Gasteiger partial charge is 0.477 e. The Morgan fingerprint density at radius 2 is 2.28 bits per heavy atom. The Morgan fingerprint density at radius 3 is 3.08 bits per heavy atom. The first kappa shape index (κ1) is 15.4. The second-order valence-corrected chi connectivity index (χ2v) is 7.91. The van der Waals surface area contributed by atoms with E-state index in [1.165, 1.54) is 11.1 Å². The topological polar surface area (TPSA) is 55.8 Å². The minimum atomic E-state index is -0.405. The molecule has 4 atom stereocenters. The third kappa shape index (κ3) is 1.82. The lowest BCUT2D eigenvalue weighted by Gasteiger charge is -2.57. The molecule has 1 aromatic rings. The van der Waals surface area contributed by atoms with E-state index in [9.17, 15) is 9.59 Å². The van der Waals surface area contributed by atoms with Crippen molar-refractivity contribution in [2.75, 3.05) is 13.6 Å². The van der Waals surface area contributed by atoms with Crippen LogP contribution < -0.4 is 9.47 Å². The van der Waals surface area contributed by atoms with Crippen molar-refractivity contribution in [2.45, 2.75) is 56.6 Å². The van der Waals surface area contributed by atoms with Gasteiger partial charge in [0, 0.05) is 29.9 Å². The molecule has 1 saturated carbocycles. The normalized spacial score (nSPS) is 35.1. The van der Waals surface area contributed by atoms with Crippen LogP contribution in [0.4, 0.5) is 0 Å². The van der Waals surface area contributed by atoms with Crippen LogP contribution >= 0.6 is 0 Å². The highest BCUT2D eigenvalue weighted by Gasteiger charge is 2.65. The average Bonchev–Trinajstić information content (AvgIpc) is 2.96. The zero-order chi connectivity index (χ0) is 17.3. The molecular weight excluding hydrogens is 318 g/mol. The molecule has 5 rings (SSSR count). The molecule has 0 amide bonds. The van der Waals surface area contributed by atoms with Crippen LogP contribution in [0.1, 0.15) is 43.7 Å². The summed E-state index contributed by atoms with van der Waals surface area (Å²) >= 11 is 0. The second kappa shape index (κ2) is 5.07. The van der Waals surface area contributed by atoms with Crippen LogP contribution in [0.2, 0.25) is 0 Å². The summed E-state index contributed by atoms with van der Waals surface area (Å²) in [7, 11) is 2.20. The first-order valence-corrected chi connectivity index (χ1v) is 9.33. The number of hydrogen-bond acceptors (Lipinski definition) is 5. The Hall–Kier alpha value is -1.88. The number of piperidine rings is 1. The predicted octanol–water partition coefficient (Wildman–Crippen LogP) is 2.24. The van der Waals surface area contributed by atoms with E-state index >= 15 is 0 Å². The number of hydrogen-bond donors (Lipinski definition) is 0. The Morgan fingerprint density at radius 1 is 1.44 bits per heavy atom. The molecule has 2 fully saturated rings. The van der Waals surface area contributed by atoms with Crippen molar-refractivity contribution in [3.63, 3.8) is 0 Å². The summed E-state index contributed by atoms with van der Waals surface area (Å²) in [6.45, 7) is 2.76. The molecule has 5 nitrogen and oxygen atoms in total. The molecule has 1 unspecified atom stereocenters. The molecule has 1 spiro atoms. The van der Waals surface area contributed by atoms with Crippen LogP contribution in [0.5, 0.6) is 11.5 Å². The van der Waals surface area contributed by atoms with Crippen molar-refractivity contribution in [3.8, 4) is 11.5 Å². The molecule has 0 aromatic heterocycles. The van der Waals surface area contributed by atoms with E-state index < -0.39 is 6.10 Å². The van der Waals surface area contributed by atoms with Gasteiger partial charge in [0.15, 0.2) is 23.4 Å². The number of likely N-dealkylation sites (tertiary alicyclic amines) is 1. The van der Waals surface area contributed by atoms with Gasteiger partial charge < -0.3 is 14.4 Å². The van der Waals surface area contributed by atoms with Crippen molar-refractivity contribution in [1.29, 1.82) is 0 Å². The van der Waals surface area contributed by atoms with Gasteiger partial charge in [-0.15, -0.1) is 0 Å². The van der Waals surface area contributed by atoms with E-state index in [0.29, 0.717) is 36.3 Å². The van der Waals surface area contributed by atoms with Gasteiger partial charge in [0.2, 0.25) is 0 Å². The fourth-order valence-electron chi connectivity index (χ4n) is 5.79. The van der Waals surface area contributed by atoms with Gasteiger partial charge in [0.05, 0.1) is 0 Å². The lowest BCUT2D eigenvalue weighted by atomic mass is 9.52. The first-order valence-electron chi connectivity index (χ1n) is 9.33. The van der Waals surface area contributed by atoms with Crippen LogP contribution in [-0.2, 0) is 21.4 Å². The zero-order valence-corrected chi connectivity index (χ0v) is 14.7. The monoisotopic (exact) mass is 341 g/mol. The Labute approximate surface area is 147 Å². The molecule has 0 radical (unpaired) electrons. The number of carbonyl (C=O) groups excluding carboxylic acids is 2. The first-order chi connectivity index (χ1) is 12.1.